The fourth-order valence-corrected chi connectivity index (χ4v) is 1.81. The van der Waals surface area contributed by atoms with Crippen LogP contribution in [0.15, 0.2) is 30.3 Å². The fourth-order valence-electron chi connectivity index (χ4n) is 1.42. The van der Waals surface area contributed by atoms with Crippen LogP contribution in [-0.4, -0.2) is 17.1 Å². The molecular weight excluding hydrogens is 273 g/mol. The van der Waals surface area contributed by atoms with E-state index in [1.807, 2.05) is 18.2 Å². The highest BCUT2D eigenvalue weighted by molar-refractivity contribution is 6.33. The Hall–Kier alpha value is -1.36. The zero-order chi connectivity index (χ0) is 13.0. The first-order valence-corrected chi connectivity index (χ1v) is 5.98. The van der Waals surface area contributed by atoms with E-state index in [1.54, 1.807) is 19.2 Å². The first-order valence-electron chi connectivity index (χ1n) is 5.23. The van der Waals surface area contributed by atoms with Crippen LogP contribution in [0, 0.1) is 0 Å². The number of anilines is 2. The molecule has 0 amide bonds. The molecule has 2 rings (SSSR count). The molecule has 0 aliphatic rings. The molecule has 0 saturated heterocycles. The number of ether oxygens (including phenoxy) is 1. The second-order valence-corrected chi connectivity index (χ2v) is 4.32. The number of hydrogen-bond donors (Lipinski definition) is 1. The van der Waals surface area contributed by atoms with Gasteiger partial charge in [-0.15, -0.1) is 0 Å². The van der Waals surface area contributed by atoms with Crippen LogP contribution in [-0.2, 0) is 11.3 Å². The van der Waals surface area contributed by atoms with E-state index in [0.717, 1.165) is 5.69 Å². The van der Waals surface area contributed by atoms with Crippen molar-refractivity contribution in [3.63, 3.8) is 0 Å². The minimum Gasteiger partial charge on any atom is -0.377 e. The topological polar surface area (TPSA) is 47.0 Å². The van der Waals surface area contributed by atoms with Crippen LogP contribution in [0.5, 0.6) is 0 Å². The molecule has 0 atom stereocenters. The lowest BCUT2D eigenvalue weighted by Gasteiger charge is -2.08. The maximum atomic E-state index is 6.05. The number of methoxy groups -OCH3 is 1. The summed E-state index contributed by atoms with van der Waals surface area (Å²) in [6, 6.07) is 9.02. The lowest BCUT2D eigenvalue weighted by Crippen LogP contribution is -2.01. The van der Waals surface area contributed by atoms with Crippen LogP contribution in [0.2, 0.25) is 10.2 Å². The highest BCUT2D eigenvalue weighted by Crippen LogP contribution is 2.24. The van der Waals surface area contributed by atoms with Crippen molar-refractivity contribution in [1.82, 2.24) is 9.97 Å². The molecule has 0 aliphatic heterocycles. The van der Waals surface area contributed by atoms with E-state index >= 15 is 0 Å². The Morgan fingerprint density at radius 3 is 2.72 bits per heavy atom. The monoisotopic (exact) mass is 283 g/mol. The molecule has 0 unspecified atom stereocenters. The lowest BCUT2D eigenvalue weighted by molar-refractivity contribution is 0.178. The molecule has 1 aromatic heterocycles. The summed E-state index contributed by atoms with van der Waals surface area (Å²) in [6.45, 7) is 0.303. The van der Waals surface area contributed by atoms with Gasteiger partial charge in [-0.05, 0) is 12.1 Å². The Bertz CT molecular complexity index is 549. The molecule has 6 heteroatoms. The minimum absolute atomic E-state index is 0.303. The average Bonchev–Trinajstić information content (AvgIpc) is 2.32. The molecule has 0 aliphatic carbocycles. The number of para-hydroxylation sites is 1. The third-order valence-electron chi connectivity index (χ3n) is 2.15. The highest BCUT2D eigenvalue weighted by atomic mass is 35.5. The van der Waals surface area contributed by atoms with Crippen LogP contribution >= 0.6 is 23.2 Å². The van der Waals surface area contributed by atoms with Crippen molar-refractivity contribution in [2.45, 2.75) is 6.61 Å². The molecule has 18 heavy (non-hydrogen) atoms. The van der Waals surface area contributed by atoms with Gasteiger partial charge in [0, 0.05) is 13.2 Å². The molecule has 4 nitrogen and oxygen atoms in total. The van der Waals surface area contributed by atoms with Gasteiger partial charge < -0.3 is 10.1 Å². The maximum absolute atomic E-state index is 6.05. The van der Waals surface area contributed by atoms with Crippen molar-refractivity contribution in [1.29, 1.82) is 0 Å². The van der Waals surface area contributed by atoms with Crippen molar-refractivity contribution in [2.24, 2.45) is 0 Å². The van der Waals surface area contributed by atoms with Crippen LogP contribution in [0.25, 0.3) is 0 Å². The summed E-state index contributed by atoms with van der Waals surface area (Å²) < 4.78 is 4.97. The van der Waals surface area contributed by atoms with E-state index in [1.165, 1.54) is 0 Å². The molecule has 0 saturated carbocycles. The molecule has 0 bridgehead atoms. The van der Waals surface area contributed by atoms with Gasteiger partial charge in [0.15, 0.2) is 5.82 Å². The third kappa shape index (κ3) is 3.32. The highest BCUT2D eigenvalue weighted by Gasteiger charge is 2.05. The van der Waals surface area contributed by atoms with E-state index < -0.39 is 0 Å². The van der Waals surface area contributed by atoms with Gasteiger partial charge in [0.05, 0.1) is 10.7 Å². The summed E-state index contributed by atoms with van der Waals surface area (Å²) in [5.74, 6) is 1.09. The standard InChI is InChI=1S/C12H11Cl2N3O/c1-18-7-12-16-10(14)6-11(17-12)15-9-5-3-2-4-8(9)13/h2-6H,7H2,1H3,(H,15,16,17). The fraction of sp³-hybridized carbons (Fsp3) is 0.167. The molecule has 1 N–H and O–H groups in total. The van der Waals surface area contributed by atoms with E-state index in [9.17, 15) is 0 Å². The predicted octanol–water partition coefficient (Wildman–Crippen LogP) is 3.67. The van der Waals surface area contributed by atoms with Gasteiger partial charge in [-0.2, -0.15) is 0 Å². The van der Waals surface area contributed by atoms with Crippen molar-refractivity contribution in [3.05, 3.63) is 46.3 Å². The molecule has 1 aromatic carbocycles. The Morgan fingerprint density at radius 2 is 2.00 bits per heavy atom. The second-order valence-electron chi connectivity index (χ2n) is 3.53. The quantitative estimate of drug-likeness (QED) is 0.870. The number of nitrogens with one attached hydrogen (secondary N) is 1. The van der Waals surface area contributed by atoms with Crippen LogP contribution in [0.3, 0.4) is 0 Å². The summed E-state index contributed by atoms with van der Waals surface area (Å²) in [6.07, 6.45) is 0. The van der Waals surface area contributed by atoms with E-state index in [-0.39, 0.29) is 0 Å². The van der Waals surface area contributed by atoms with Gasteiger partial charge in [0.1, 0.15) is 17.6 Å². The van der Waals surface area contributed by atoms with Gasteiger partial charge in [0.2, 0.25) is 0 Å². The first-order chi connectivity index (χ1) is 8.69. The van der Waals surface area contributed by atoms with Gasteiger partial charge >= 0.3 is 0 Å². The maximum Gasteiger partial charge on any atom is 0.158 e. The Balaban J connectivity index is 2.26. The number of benzene rings is 1. The second kappa shape index (κ2) is 6.00. The van der Waals surface area contributed by atoms with Crippen LogP contribution in [0.4, 0.5) is 11.5 Å². The molecule has 2 aromatic rings. The van der Waals surface area contributed by atoms with Crippen molar-refractivity contribution in [2.75, 3.05) is 12.4 Å². The number of nitrogens with zero attached hydrogens (tertiary/aromatic N) is 2. The summed E-state index contributed by atoms with van der Waals surface area (Å²) in [4.78, 5) is 8.31. The van der Waals surface area contributed by atoms with E-state index in [0.29, 0.717) is 28.4 Å². The van der Waals surface area contributed by atoms with Crippen molar-refractivity contribution in [3.8, 4) is 0 Å². The smallest absolute Gasteiger partial charge is 0.158 e. The molecule has 0 fully saturated rings. The summed E-state index contributed by atoms with van der Waals surface area (Å²) in [7, 11) is 1.57. The normalized spacial score (nSPS) is 10.4. The van der Waals surface area contributed by atoms with Crippen LogP contribution in [0.1, 0.15) is 5.82 Å². The molecule has 0 radical (unpaired) electrons. The van der Waals surface area contributed by atoms with Gasteiger partial charge in [-0.25, -0.2) is 9.97 Å². The molecule has 0 spiro atoms. The number of aromatic nitrogens is 2. The summed E-state index contributed by atoms with van der Waals surface area (Å²) in [5.41, 5.74) is 0.761. The Labute approximate surface area is 115 Å². The third-order valence-corrected chi connectivity index (χ3v) is 2.67. The average molecular weight is 284 g/mol. The predicted molar refractivity (Wildman–Crippen MR) is 72.5 cm³/mol. The molecule has 1 heterocycles. The Morgan fingerprint density at radius 1 is 1.22 bits per heavy atom. The minimum atomic E-state index is 0.303. The lowest BCUT2D eigenvalue weighted by atomic mass is 10.3. The Kier molecular flexibility index (Phi) is 4.36. The van der Waals surface area contributed by atoms with Gasteiger partial charge in [-0.1, -0.05) is 35.3 Å². The number of halogens is 2. The van der Waals surface area contributed by atoms with E-state index in [2.05, 4.69) is 15.3 Å². The summed E-state index contributed by atoms with van der Waals surface area (Å²) in [5, 5.41) is 4.05. The number of rotatable bonds is 4. The first kappa shape index (κ1) is 13.1. The van der Waals surface area contributed by atoms with Gasteiger partial charge in [-0.3, -0.25) is 0 Å². The molecular formula is C12H11Cl2N3O. The van der Waals surface area contributed by atoms with Crippen molar-refractivity contribution < 1.29 is 4.74 Å². The van der Waals surface area contributed by atoms with Gasteiger partial charge in [0.25, 0.3) is 0 Å². The molecule has 94 valence electrons. The van der Waals surface area contributed by atoms with Crippen LogP contribution < -0.4 is 5.32 Å². The SMILES string of the molecule is COCc1nc(Cl)cc(Nc2ccccc2Cl)n1. The number of hydrogen-bond acceptors (Lipinski definition) is 4. The summed E-state index contributed by atoms with van der Waals surface area (Å²) >= 11 is 12.0. The van der Waals surface area contributed by atoms with E-state index in [4.69, 9.17) is 27.9 Å². The largest absolute Gasteiger partial charge is 0.377 e. The van der Waals surface area contributed by atoms with Crippen molar-refractivity contribution >= 4 is 34.7 Å². The zero-order valence-corrected chi connectivity index (χ0v) is 11.2. The zero-order valence-electron chi connectivity index (χ0n) is 9.65.